The van der Waals surface area contributed by atoms with Crippen molar-refractivity contribution >= 4 is 22.0 Å². The van der Waals surface area contributed by atoms with Crippen molar-refractivity contribution in [3.05, 3.63) is 41.5 Å². The molecule has 35 heavy (non-hydrogen) atoms. The summed E-state index contributed by atoms with van der Waals surface area (Å²) in [6.45, 7) is 2.03. The van der Waals surface area contributed by atoms with Gasteiger partial charge in [-0.05, 0) is 18.1 Å². The van der Waals surface area contributed by atoms with E-state index in [9.17, 15) is 13.2 Å². The van der Waals surface area contributed by atoms with Crippen molar-refractivity contribution in [3.8, 4) is 0 Å². The first-order chi connectivity index (χ1) is 14.5. The number of amides is 1. The van der Waals surface area contributed by atoms with E-state index in [1.165, 1.54) is 0 Å². The van der Waals surface area contributed by atoms with E-state index in [2.05, 4.69) is 11.0 Å². The summed E-state index contributed by atoms with van der Waals surface area (Å²) in [5.74, 6) is -0.585. The van der Waals surface area contributed by atoms with Gasteiger partial charge in [-0.25, -0.2) is 8.37 Å². The van der Waals surface area contributed by atoms with Crippen molar-refractivity contribution in [1.82, 2.24) is 4.90 Å². The Morgan fingerprint density at radius 3 is 2.57 bits per heavy atom. The number of hydrogen-bond donors (Lipinski definition) is 0. The molecule has 14 heteroatoms. The molecule has 3 unspecified atom stereocenters. The summed E-state index contributed by atoms with van der Waals surface area (Å²) in [5.41, 5.74) is 0.932. The molecule has 1 aromatic rings. The molecule has 10 N–H and O–H groups in total. The van der Waals surface area contributed by atoms with Gasteiger partial charge in [0.25, 0.3) is 0 Å². The van der Waals surface area contributed by atoms with Crippen LogP contribution in [0.4, 0.5) is 5.69 Å². The van der Waals surface area contributed by atoms with Crippen molar-refractivity contribution in [3.63, 3.8) is 0 Å². The number of nitrogens with zero attached hydrogens (tertiary/aromatic N) is 2. The summed E-state index contributed by atoms with van der Waals surface area (Å²) in [7, 11) is -4.31. The number of anilines is 1. The number of hydrogen-bond acceptors (Lipinski definition) is 7. The molecule has 5 saturated heterocycles. The predicted octanol–water partition coefficient (Wildman–Crippen LogP) is -3.43. The molecule has 6 fully saturated rings. The lowest BCUT2D eigenvalue weighted by Crippen LogP contribution is -2.80. The highest BCUT2D eigenvalue weighted by molar-refractivity contribution is 7.82. The van der Waals surface area contributed by atoms with Gasteiger partial charge in [-0.15, -0.1) is 0 Å². The van der Waals surface area contributed by atoms with Crippen LogP contribution in [0.5, 0.6) is 0 Å². The average Bonchev–Trinajstić information content (AvgIpc) is 3.05. The Hall–Kier alpha value is -1.98. The number of carbonyl (C=O) groups excluding carboxylic acids is 1. The highest BCUT2D eigenvalue weighted by Gasteiger charge is 2.85. The van der Waals surface area contributed by atoms with Crippen molar-refractivity contribution in [2.45, 2.75) is 42.2 Å². The maximum atomic E-state index is 13.6. The van der Waals surface area contributed by atoms with Gasteiger partial charge < -0.3 is 32.1 Å². The van der Waals surface area contributed by atoms with E-state index in [0.29, 0.717) is 6.61 Å². The minimum atomic E-state index is -4.31. The lowest BCUT2D eigenvalue weighted by molar-refractivity contribution is -0.188. The summed E-state index contributed by atoms with van der Waals surface area (Å²) in [6, 6.07) is 7.68. The fourth-order valence-electron chi connectivity index (χ4n) is 8.18. The second-order valence-corrected chi connectivity index (χ2v) is 10.7. The Morgan fingerprint density at radius 1 is 1.06 bits per heavy atom. The molecule has 1 amide bonds. The van der Waals surface area contributed by atoms with Crippen LogP contribution in [0.2, 0.25) is 0 Å². The summed E-state index contributed by atoms with van der Waals surface area (Å²) in [5, 5.41) is 0. The summed E-state index contributed by atoms with van der Waals surface area (Å²) in [4.78, 5) is 17.6. The first-order valence-electron chi connectivity index (χ1n) is 10.6. The summed E-state index contributed by atoms with van der Waals surface area (Å²) >= 11 is 0. The van der Waals surface area contributed by atoms with Crippen LogP contribution >= 0.6 is 0 Å². The maximum absolute atomic E-state index is 13.6. The van der Waals surface area contributed by atoms with E-state index in [0.717, 1.165) is 36.3 Å². The van der Waals surface area contributed by atoms with Gasteiger partial charge in [0.15, 0.2) is 5.72 Å². The molecule has 196 valence electrons. The molecule has 7 atom stereocenters. The average molecular weight is 519 g/mol. The van der Waals surface area contributed by atoms with Gasteiger partial charge in [0.2, 0.25) is 5.91 Å². The number of benzene rings is 1. The van der Waals surface area contributed by atoms with Crippen LogP contribution in [-0.2, 0) is 33.7 Å². The van der Waals surface area contributed by atoms with Gasteiger partial charge in [0, 0.05) is 24.9 Å². The quantitative estimate of drug-likeness (QED) is 0.314. The summed E-state index contributed by atoms with van der Waals surface area (Å²) < 4.78 is 44.3. The smallest absolute Gasteiger partial charge is 0.402 e. The van der Waals surface area contributed by atoms with Gasteiger partial charge in [0.05, 0.1) is 36.3 Å². The van der Waals surface area contributed by atoms with Crippen LogP contribution in [0.3, 0.4) is 0 Å². The standard InChI is InChI=1S/C21H20N2O6S.5H2O/c24-15-9-14-17-16-11(5-8-27-14)10-22-7-6-20-12-3-1-2-4-13(12)23(15)21(17,20)29-30(25,26)28-18(16)19(20)22;;;;;/h1-5,14,16-19H,6-10H2;5*1H2/t14?,16-,17-,18?,19+,20+,21?;;;;;/m0...../s1. The third-order valence-corrected chi connectivity index (χ3v) is 9.66. The molecule has 0 radical (unpaired) electrons. The monoisotopic (exact) mass is 518 g/mol. The number of ether oxygens (including phenoxy) is 1. The first-order valence-corrected chi connectivity index (χ1v) is 11.9. The van der Waals surface area contributed by atoms with E-state index in [-0.39, 0.29) is 57.6 Å². The lowest BCUT2D eigenvalue weighted by Gasteiger charge is -2.63. The van der Waals surface area contributed by atoms with Gasteiger partial charge in [-0.1, -0.05) is 29.8 Å². The van der Waals surface area contributed by atoms with E-state index < -0.39 is 33.7 Å². The molecule has 4 bridgehead atoms. The van der Waals surface area contributed by atoms with Crippen molar-refractivity contribution in [2.75, 3.05) is 24.6 Å². The van der Waals surface area contributed by atoms with E-state index in [4.69, 9.17) is 13.1 Å². The molecule has 1 aromatic carbocycles. The van der Waals surface area contributed by atoms with Crippen LogP contribution in [-0.4, -0.2) is 90.3 Å². The molecule has 0 aromatic heterocycles. The van der Waals surface area contributed by atoms with Crippen LogP contribution in [0, 0.1) is 11.8 Å². The van der Waals surface area contributed by atoms with Crippen LogP contribution in [0.25, 0.3) is 0 Å². The van der Waals surface area contributed by atoms with E-state index >= 15 is 0 Å². The number of para-hydroxylation sites is 1. The van der Waals surface area contributed by atoms with Crippen molar-refractivity contribution < 1.29 is 53.7 Å². The zero-order valence-corrected chi connectivity index (χ0v) is 19.4. The number of piperidine rings is 2. The molecular formula is C21H30N2O11S. The number of fused-ring (bicyclic) bond motifs is 4. The molecule has 13 nitrogen and oxygen atoms in total. The largest absolute Gasteiger partial charge is 0.412 e. The highest BCUT2D eigenvalue weighted by atomic mass is 32.3. The molecule has 2 spiro atoms. The third-order valence-electron chi connectivity index (χ3n) is 8.75. The Kier molecular flexibility index (Phi) is 6.32. The van der Waals surface area contributed by atoms with Gasteiger partial charge in [0.1, 0.15) is 6.10 Å². The Bertz CT molecular complexity index is 1190. The molecule has 9 rings (SSSR count). The topological polar surface area (TPSA) is 243 Å². The van der Waals surface area contributed by atoms with E-state index in [1.54, 1.807) is 4.90 Å². The minimum absolute atomic E-state index is 0. The fourth-order valence-corrected chi connectivity index (χ4v) is 9.37. The molecule has 7 heterocycles. The second-order valence-electron chi connectivity index (χ2n) is 9.54. The summed E-state index contributed by atoms with van der Waals surface area (Å²) in [6.07, 6.45) is 2.08. The SMILES string of the molecule is O.O.O.O.O.O=C1CC2OCC=C3CN4CC[C@]56c7ccccc7N1C51OS(=O)(=O)OC([C@@H]3[C@H]21)[C@@H]46. The van der Waals surface area contributed by atoms with Gasteiger partial charge in [-0.2, -0.15) is 8.42 Å². The second kappa shape index (κ2) is 8.01. The Labute approximate surface area is 201 Å². The maximum Gasteiger partial charge on any atom is 0.402 e. The fraction of sp³-hybridized carbons (Fsp3) is 0.571. The van der Waals surface area contributed by atoms with Crippen molar-refractivity contribution in [2.24, 2.45) is 11.8 Å². The van der Waals surface area contributed by atoms with E-state index in [1.807, 2.05) is 24.3 Å². The lowest BCUT2D eigenvalue weighted by atomic mass is 9.50. The third kappa shape index (κ3) is 2.62. The zero-order chi connectivity index (χ0) is 20.0. The molecule has 1 aliphatic carbocycles. The normalized spacial score (nSPS) is 41.8. The highest BCUT2D eigenvalue weighted by Crippen LogP contribution is 2.73. The van der Waals surface area contributed by atoms with Gasteiger partial charge >= 0.3 is 10.4 Å². The number of carbonyl (C=O) groups is 1. The Balaban J connectivity index is 0.000000684. The zero-order valence-electron chi connectivity index (χ0n) is 18.6. The molecule has 8 aliphatic rings. The molecular weight excluding hydrogens is 488 g/mol. The van der Waals surface area contributed by atoms with Crippen molar-refractivity contribution in [1.29, 1.82) is 0 Å². The van der Waals surface area contributed by atoms with Gasteiger partial charge in [-0.3, -0.25) is 14.6 Å². The molecule has 7 aliphatic heterocycles. The number of rotatable bonds is 0. The van der Waals surface area contributed by atoms with Crippen LogP contribution in [0.15, 0.2) is 35.9 Å². The van der Waals surface area contributed by atoms with Crippen LogP contribution in [0.1, 0.15) is 18.4 Å². The minimum Gasteiger partial charge on any atom is -0.412 e. The molecule has 1 saturated carbocycles. The first kappa shape index (κ1) is 27.6. The van der Waals surface area contributed by atoms with Crippen LogP contribution < -0.4 is 4.90 Å². The Morgan fingerprint density at radius 2 is 1.80 bits per heavy atom. The predicted molar refractivity (Wildman–Crippen MR) is 121 cm³/mol.